The van der Waals surface area contributed by atoms with Crippen LogP contribution in [0.2, 0.25) is 0 Å². The summed E-state index contributed by atoms with van der Waals surface area (Å²) in [6.45, 7) is 5.93. The van der Waals surface area contributed by atoms with Crippen LogP contribution in [0, 0.1) is 0 Å². The molecule has 2 aromatic rings. The molecular formula is C18H20BrNO3. The first kappa shape index (κ1) is 17.3. The summed E-state index contributed by atoms with van der Waals surface area (Å²) in [6.07, 6.45) is -0.501. The molecule has 23 heavy (non-hydrogen) atoms. The van der Waals surface area contributed by atoms with Crippen LogP contribution in [0.15, 0.2) is 53.0 Å². The second-order valence-electron chi connectivity index (χ2n) is 6.04. The molecule has 1 N–H and O–H groups in total. The van der Waals surface area contributed by atoms with E-state index in [9.17, 15) is 4.79 Å². The highest BCUT2D eigenvalue weighted by atomic mass is 79.9. The van der Waals surface area contributed by atoms with Gasteiger partial charge in [0.15, 0.2) is 0 Å². The van der Waals surface area contributed by atoms with E-state index in [0.29, 0.717) is 18.0 Å². The Bertz CT molecular complexity index is 666. The second-order valence-corrected chi connectivity index (χ2v) is 6.90. The van der Waals surface area contributed by atoms with Crippen LogP contribution in [0.5, 0.6) is 5.75 Å². The molecule has 0 heterocycles. The van der Waals surface area contributed by atoms with E-state index in [4.69, 9.17) is 9.47 Å². The van der Waals surface area contributed by atoms with Crippen LogP contribution in [0.1, 0.15) is 26.3 Å². The van der Waals surface area contributed by atoms with Crippen molar-refractivity contribution in [3.63, 3.8) is 0 Å². The molecule has 0 bridgehead atoms. The van der Waals surface area contributed by atoms with E-state index < -0.39 is 11.7 Å². The molecule has 0 saturated heterocycles. The van der Waals surface area contributed by atoms with Gasteiger partial charge in [0.25, 0.3) is 0 Å². The molecule has 4 nitrogen and oxygen atoms in total. The number of anilines is 1. The Morgan fingerprint density at radius 2 is 1.83 bits per heavy atom. The first-order valence-corrected chi connectivity index (χ1v) is 8.09. The maximum Gasteiger partial charge on any atom is 0.412 e. The standard InChI is InChI=1S/C18H20BrNO3/c1-18(2,3)23-17(21)20-16-11-14(9-10-15(16)19)22-12-13-7-5-4-6-8-13/h4-11H,12H2,1-3H3,(H,20,21). The topological polar surface area (TPSA) is 47.6 Å². The number of carbonyl (C=O) groups is 1. The number of amides is 1. The summed E-state index contributed by atoms with van der Waals surface area (Å²) in [6, 6.07) is 15.3. The Labute approximate surface area is 144 Å². The van der Waals surface area contributed by atoms with Crippen LogP contribution in [0.3, 0.4) is 0 Å². The van der Waals surface area contributed by atoms with Crippen molar-refractivity contribution >= 4 is 27.7 Å². The molecule has 0 aromatic heterocycles. The first-order valence-electron chi connectivity index (χ1n) is 7.30. The van der Waals surface area contributed by atoms with E-state index in [2.05, 4.69) is 21.2 Å². The average molecular weight is 378 g/mol. The largest absolute Gasteiger partial charge is 0.489 e. The highest BCUT2D eigenvalue weighted by Crippen LogP contribution is 2.28. The lowest BCUT2D eigenvalue weighted by Gasteiger charge is -2.20. The van der Waals surface area contributed by atoms with Crippen LogP contribution in [0.4, 0.5) is 10.5 Å². The van der Waals surface area contributed by atoms with Gasteiger partial charge in [-0.05, 0) is 54.4 Å². The number of hydrogen-bond donors (Lipinski definition) is 1. The van der Waals surface area contributed by atoms with Gasteiger partial charge in [-0.15, -0.1) is 0 Å². The van der Waals surface area contributed by atoms with E-state index in [1.165, 1.54) is 0 Å². The second kappa shape index (κ2) is 7.51. The van der Waals surface area contributed by atoms with Gasteiger partial charge in [-0.25, -0.2) is 4.79 Å². The van der Waals surface area contributed by atoms with E-state index >= 15 is 0 Å². The number of carbonyl (C=O) groups excluding carboxylic acids is 1. The molecule has 2 aromatic carbocycles. The smallest absolute Gasteiger partial charge is 0.412 e. The third-order valence-electron chi connectivity index (χ3n) is 2.82. The molecule has 0 atom stereocenters. The highest BCUT2D eigenvalue weighted by Gasteiger charge is 2.17. The maximum atomic E-state index is 11.9. The van der Waals surface area contributed by atoms with E-state index in [1.54, 1.807) is 6.07 Å². The lowest BCUT2D eigenvalue weighted by molar-refractivity contribution is 0.0636. The van der Waals surface area contributed by atoms with Crippen LogP contribution in [-0.2, 0) is 11.3 Å². The number of hydrogen-bond acceptors (Lipinski definition) is 3. The molecule has 0 radical (unpaired) electrons. The third kappa shape index (κ3) is 5.94. The molecule has 0 aliphatic rings. The molecule has 0 spiro atoms. The molecule has 0 saturated carbocycles. The minimum atomic E-state index is -0.544. The molecule has 0 aliphatic heterocycles. The summed E-state index contributed by atoms with van der Waals surface area (Å²) in [7, 11) is 0. The van der Waals surface area contributed by atoms with Crippen molar-refractivity contribution in [1.82, 2.24) is 0 Å². The van der Waals surface area contributed by atoms with Crippen molar-refractivity contribution in [3.8, 4) is 5.75 Å². The minimum absolute atomic E-state index is 0.467. The van der Waals surface area contributed by atoms with E-state index in [-0.39, 0.29) is 0 Å². The van der Waals surface area contributed by atoms with Gasteiger partial charge in [0.05, 0.1) is 5.69 Å². The van der Waals surface area contributed by atoms with Gasteiger partial charge in [0, 0.05) is 10.5 Å². The fourth-order valence-corrected chi connectivity index (χ4v) is 2.19. The Balaban J connectivity index is 2.02. The van der Waals surface area contributed by atoms with E-state index in [1.807, 2.05) is 63.2 Å². The molecule has 5 heteroatoms. The van der Waals surface area contributed by atoms with Gasteiger partial charge in [0.1, 0.15) is 18.0 Å². The zero-order valence-electron chi connectivity index (χ0n) is 13.4. The Kier molecular flexibility index (Phi) is 5.66. The summed E-state index contributed by atoms with van der Waals surface area (Å²) in [5, 5.41) is 2.72. The number of rotatable bonds is 4. The highest BCUT2D eigenvalue weighted by molar-refractivity contribution is 9.10. The van der Waals surface area contributed by atoms with Crippen molar-refractivity contribution < 1.29 is 14.3 Å². The van der Waals surface area contributed by atoms with Gasteiger partial charge in [-0.1, -0.05) is 30.3 Å². The summed E-state index contributed by atoms with van der Waals surface area (Å²) in [5.74, 6) is 0.670. The number of halogens is 1. The Hall–Kier alpha value is -2.01. The van der Waals surface area contributed by atoms with Crippen LogP contribution in [0.25, 0.3) is 0 Å². The van der Waals surface area contributed by atoms with Crippen molar-refractivity contribution in [2.45, 2.75) is 33.0 Å². The molecule has 0 aliphatic carbocycles. The van der Waals surface area contributed by atoms with Crippen LogP contribution < -0.4 is 10.1 Å². The van der Waals surface area contributed by atoms with Gasteiger partial charge in [0.2, 0.25) is 0 Å². The predicted molar refractivity (Wildman–Crippen MR) is 94.8 cm³/mol. The first-order chi connectivity index (χ1) is 10.8. The molecular weight excluding hydrogens is 358 g/mol. The fraction of sp³-hybridized carbons (Fsp3) is 0.278. The number of nitrogens with one attached hydrogen (secondary N) is 1. The molecule has 122 valence electrons. The maximum absolute atomic E-state index is 11.9. The zero-order valence-corrected chi connectivity index (χ0v) is 15.0. The lowest BCUT2D eigenvalue weighted by atomic mass is 10.2. The summed E-state index contributed by atoms with van der Waals surface area (Å²) in [4.78, 5) is 11.9. The Morgan fingerprint density at radius 3 is 2.48 bits per heavy atom. The van der Waals surface area contributed by atoms with Crippen molar-refractivity contribution in [2.24, 2.45) is 0 Å². The van der Waals surface area contributed by atoms with Crippen molar-refractivity contribution in [3.05, 3.63) is 58.6 Å². The monoisotopic (exact) mass is 377 g/mol. The number of ether oxygens (including phenoxy) is 2. The predicted octanol–water partition coefficient (Wildman–Crippen LogP) is 5.38. The number of benzene rings is 2. The summed E-state index contributed by atoms with van der Waals surface area (Å²) >= 11 is 3.41. The average Bonchev–Trinajstić information content (AvgIpc) is 2.47. The third-order valence-corrected chi connectivity index (χ3v) is 3.51. The van der Waals surface area contributed by atoms with Gasteiger partial charge < -0.3 is 9.47 Å². The van der Waals surface area contributed by atoms with Crippen molar-refractivity contribution in [1.29, 1.82) is 0 Å². The normalized spacial score (nSPS) is 11.0. The molecule has 0 fully saturated rings. The quantitative estimate of drug-likeness (QED) is 0.778. The van der Waals surface area contributed by atoms with Gasteiger partial charge in [-0.2, -0.15) is 0 Å². The van der Waals surface area contributed by atoms with E-state index in [0.717, 1.165) is 10.0 Å². The molecule has 2 rings (SSSR count). The van der Waals surface area contributed by atoms with Gasteiger partial charge >= 0.3 is 6.09 Å². The zero-order chi connectivity index (χ0) is 16.9. The lowest BCUT2D eigenvalue weighted by Crippen LogP contribution is -2.27. The Morgan fingerprint density at radius 1 is 1.13 bits per heavy atom. The van der Waals surface area contributed by atoms with Crippen molar-refractivity contribution in [2.75, 3.05) is 5.32 Å². The van der Waals surface area contributed by atoms with Crippen LogP contribution >= 0.6 is 15.9 Å². The SMILES string of the molecule is CC(C)(C)OC(=O)Nc1cc(OCc2ccccc2)ccc1Br. The summed E-state index contributed by atoms with van der Waals surface area (Å²) in [5.41, 5.74) is 1.14. The van der Waals surface area contributed by atoms with Gasteiger partial charge in [-0.3, -0.25) is 5.32 Å². The molecule has 0 unspecified atom stereocenters. The molecule has 1 amide bonds. The fourth-order valence-electron chi connectivity index (χ4n) is 1.84. The summed E-state index contributed by atoms with van der Waals surface area (Å²) < 4.78 is 11.8. The van der Waals surface area contributed by atoms with Crippen LogP contribution in [-0.4, -0.2) is 11.7 Å². The minimum Gasteiger partial charge on any atom is -0.489 e.